The lowest BCUT2D eigenvalue weighted by Crippen LogP contribution is -2.11. The van der Waals surface area contributed by atoms with Gasteiger partial charge in [-0.15, -0.1) is 0 Å². The molecular weight excluding hydrogens is 238 g/mol. The van der Waals surface area contributed by atoms with Crippen molar-refractivity contribution in [2.75, 3.05) is 0 Å². The van der Waals surface area contributed by atoms with Crippen molar-refractivity contribution in [2.24, 2.45) is 0 Å². The minimum absolute atomic E-state index is 0.196. The molecule has 3 aromatic rings. The van der Waals surface area contributed by atoms with Crippen LogP contribution in [0.1, 0.15) is 11.3 Å². The van der Waals surface area contributed by atoms with Crippen molar-refractivity contribution in [1.29, 1.82) is 0 Å². The maximum Gasteiger partial charge on any atom is 0.274 e. The summed E-state index contributed by atoms with van der Waals surface area (Å²) in [4.78, 5) is 23.0. The van der Waals surface area contributed by atoms with E-state index in [2.05, 4.69) is 15.0 Å². The number of nitrogens with one attached hydrogen (secondary N) is 1. The minimum atomic E-state index is -0.196. The van der Waals surface area contributed by atoms with Crippen molar-refractivity contribution in [1.82, 2.24) is 15.0 Å². The van der Waals surface area contributed by atoms with Crippen molar-refractivity contribution in [3.05, 3.63) is 70.4 Å². The lowest BCUT2D eigenvalue weighted by atomic mass is 10.2. The fraction of sp³-hybridized carbons (Fsp3) is 0. The molecule has 0 saturated carbocycles. The molecule has 0 atom stereocenters. The Morgan fingerprint density at radius 1 is 1.05 bits per heavy atom. The molecule has 0 spiro atoms. The molecule has 0 aliphatic carbocycles. The van der Waals surface area contributed by atoms with Crippen molar-refractivity contribution < 1.29 is 0 Å². The minimum Gasteiger partial charge on any atom is -0.319 e. The fourth-order valence-corrected chi connectivity index (χ4v) is 1.81. The maximum absolute atomic E-state index is 11.9. The first-order chi connectivity index (χ1) is 9.33. The summed E-state index contributed by atoms with van der Waals surface area (Å²) in [5.41, 5.74) is 2.64. The number of hydrogen-bond acceptors (Lipinski definition) is 3. The van der Waals surface area contributed by atoms with E-state index in [4.69, 9.17) is 0 Å². The van der Waals surface area contributed by atoms with Crippen LogP contribution in [0, 0.1) is 0 Å². The second-order valence-corrected chi connectivity index (χ2v) is 4.09. The van der Waals surface area contributed by atoms with Crippen LogP contribution in [0.2, 0.25) is 0 Å². The van der Waals surface area contributed by atoms with Gasteiger partial charge < -0.3 is 4.98 Å². The van der Waals surface area contributed by atoms with E-state index >= 15 is 0 Å². The maximum atomic E-state index is 11.9. The van der Waals surface area contributed by atoms with Crippen LogP contribution in [0.4, 0.5) is 0 Å². The molecule has 0 aliphatic rings. The Hall–Kier alpha value is -2.75. The van der Waals surface area contributed by atoms with E-state index in [1.165, 1.54) is 0 Å². The monoisotopic (exact) mass is 249 g/mol. The molecule has 92 valence electrons. The van der Waals surface area contributed by atoms with E-state index < -0.39 is 0 Å². The van der Waals surface area contributed by atoms with Crippen LogP contribution in [-0.2, 0) is 0 Å². The van der Waals surface area contributed by atoms with Gasteiger partial charge in [0.15, 0.2) is 0 Å². The Morgan fingerprint density at radius 2 is 1.95 bits per heavy atom. The molecule has 1 aromatic carbocycles. The summed E-state index contributed by atoms with van der Waals surface area (Å²) >= 11 is 0. The molecule has 1 N–H and O–H groups in total. The first kappa shape index (κ1) is 11.3. The molecule has 0 saturated heterocycles. The smallest absolute Gasteiger partial charge is 0.274 e. The number of rotatable bonds is 2. The average molecular weight is 249 g/mol. The quantitative estimate of drug-likeness (QED) is 0.759. The molecule has 2 heterocycles. The van der Waals surface area contributed by atoms with E-state index in [-0.39, 0.29) is 5.56 Å². The summed E-state index contributed by atoms with van der Waals surface area (Å²) in [6, 6.07) is 11.2. The van der Waals surface area contributed by atoms with E-state index in [0.717, 1.165) is 16.6 Å². The molecule has 3 rings (SSSR count). The molecule has 4 nitrogen and oxygen atoms in total. The van der Waals surface area contributed by atoms with Gasteiger partial charge in [-0.25, -0.2) is 4.98 Å². The molecule has 0 radical (unpaired) electrons. The third kappa shape index (κ3) is 2.42. The van der Waals surface area contributed by atoms with Crippen molar-refractivity contribution in [2.45, 2.75) is 0 Å². The number of hydrogen-bond donors (Lipinski definition) is 1. The third-order valence-corrected chi connectivity index (χ3v) is 2.74. The Morgan fingerprint density at radius 3 is 2.79 bits per heavy atom. The zero-order valence-electron chi connectivity index (χ0n) is 10.1. The highest BCUT2D eigenvalue weighted by atomic mass is 16.1. The lowest BCUT2D eigenvalue weighted by molar-refractivity contribution is 1.19. The van der Waals surface area contributed by atoms with Gasteiger partial charge in [-0.1, -0.05) is 24.3 Å². The Kier molecular flexibility index (Phi) is 2.90. The van der Waals surface area contributed by atoms with Crippen LogP contribution in [0.5, 0.6) is 0 Å². The number of benzene rings is 1. The van der Waals surface area contributed by atoms with E-state index in [1.54, 1.807) is 18.5 Å². The summed E-state index contributed by atoms with van der Waals surface area (Å²) in [6.07, 6.45) is 6.95. The predicted molar refractivity (Wildman–Crippen MR) is 75.5 cm³/mol. The summed E-state index contributed by atoms with van der Waals surface area (Å²) in [6.45, 7) is 0. The topological polar surface area (TPSA) is 58.6 Å². The van der Waals surface area contributed by atoms with Gasteiger partial charge in [0, 0.05) is 12.4 Å². The van der Waals surface area contributed by atoms with Gasteiger partial charge in [-0.05, 0) is 29.8 Å². The van der Waals surface area contributed by atoms with E-state index in [9.17, 15) is 4.79 Å². The van der Waals surface area contributed by atoms with Crippen LogP contribution < -0.4 is 5.56 Å². The van der Waals surface area contributed by atoms with Crippen LogP contribution >= 0.6 is 0 Å². The molecule has 0 amide bonds. The van der Waals surface area contributed by atoms with Gasteiger partial charge in [0.1, 0.15) is 5.69 Å². The summed E-state index contributed by atoms with van der Waals surface area (Å²) in [5, 5.41) is 0. The first-order valence-electron chi connectivity index (χ1n) is 5.90. The van der Waals surface area contributed by atoms with Gasteiger partial charge in [0.2, 0.25) is 0 Å². The zero-order valence-corrected chi connectivity index (χ0v) is 10.1. The third-order valence-electron chi connectivity index (χ3n) is 2.74. The summed E-state index contributed by atoms with van der Waals surface area (Å²) < 4.78 is 0. The highest BCUT2D eigenvalue weighted by Gasteiger charge is 2.00. The molecule has 0 unspecified atom stereocenters. The summed E-state index contributed by atoms with van der Waals surface area (Å²) in [5.74, 6) is 0. The van der Waals surface area contributed by atoms with Crippen LogP contribution in [0.3, 0.4) is 0 Å². The second-order valence-electron chi connectivity index (χ2n) is 4.09. The molecule has 2 aromatic heterocycles. The lowest BCUT2D eigenvalue weighted by Gasteiger charge is -1.98. The zero-order chi connectivity index (χ0) is 13.1. The number of nitrogens with zero attached hydrogens (tertiary/aromatic N) is 2. The fourth-order valence-electron chi connectivity index (χ4n) is 1.81. The van der Waals surface area contributed by atoms with Crippen molar-refractivity contribution in [3.8, 4) is 0 Å². The SMILES string of the molecule is O=c1[nH]c2ccccc2nc1/C=C\c1cccnc1. The van der Waals surface area contributed by atoms with Gasteiger partial charge in [-0.3, -0.25) is 9.78 Å². The Balaban J connectivity index is 2.04. The van der Waals surface area contributed by atoms with Gasteiger partial charge in [0.05, 0.1) is 11.0 Å². The molecule has 0 bridgehead atoms. The number of pyridine rings is 1. The Bertz CT molecular complexity index is 791. The second kappa shape index (κ2) is 4.86. The Labute approximate surface area is 109 Å². The highest BCUT2D eigenvalue weighted by molar-refractivity contribution is 5.76. The molecular formula is C15H11N3O. The molecule has 19 heavy (non-hydrogen) atoms. The average Bonchev–Trinajstić information content (AvgIpc) is 2.46. The van der Waals surface area contributed by atoms with Crippen molar-refractivity contribution in [3.63, 3.8) is 0 Å². The van der Waals surface area contributed by atoms with Gasteiger partial charge in [0.25, 0.3) is 5.56 Å². The number of para-hydroxylation sites is 2. The number of aromatic amines is 1. The summed E-state index contributed by atoms with van der Waals surface area (Å²) in [7, 11) is 0. The van der Waals surface area contributed by atoms with Crippen molar-refractivity contribution >= 4 is 23.2 Å². The number of aromatic nitrogens is 3. The van der Waals surface area contributed by atoms with Crippen LogP contribution in [0.15, 0.2) is 53.6 Å². The predicted octanol–water partition coefficient (Wildman–Crippen LogP) is 2.49. The van der Waals surface area contributed by atoms with E-state index in [0.29, 0.717) is 5.69 Å². The first-order valence-corrected chi connectivity index (χ1v) is 5.90. The molecule has 0 aliphatic heterocycles. The largest absolute Gasteiger partial charge is 0.319 e. The van der Waals surface area contributed by atoms with E-state index in [1.807, 2.05) is 42.5 Å². The highest BCUT2D eigenvalue weighted by Crippen LogP contribution is 2.08. The number of H-pyrrole nitrogens is 1. The number of fused-ring (bicyclic) bond motifs is 1. The molecule has 4 heteroatoms. The normalized spacial score (nSPS) is 11.2. The van der Waals surface area contributed by atoms with Gasteiger partial charge >= 0.3 is 0 Å². The standard InChI is InChI=1S/C15H11N3O/c19-15-14(8-7-11-4-3-9-16-10-11)17-12-5-1-2-6-13(12)18-15/h1-10H,(H,18,19)/b8-7-. The van der Waals surface area contributed by atoms with Gasteiger partial charge in [-0.2, -0.15) is 0 Å². The van der Waals surface area contributed by atoms with Crippen LogP contribution in [0.25, 0.3) is 23.2 Å². The van der Waals surface area contributed by atoms with Crippen LogP contribution in [-0.4, -0.2) is 15.0 Å². The molecule has 0 fully saturated rings.